The summed E-state index contributed by atoms with van der Waals surface area (Å²) in [6, 6.07) is 0. The number of hydrogen-bond donors (Lipinski definition) is 0. The highest BCUT2D eigenvalue weighted by molar-refractivity contribution is 5.81. The van der Waals surface area contributed by atoms with Crippen LogP contribution in [0.15, 0.2) is 12.7 Å². The molecule has 0 saturated heterocycles. The standard InChI is InChI=1S/C14H24O/c1-2-3-4-5-6-7-12-14(15)13-10-8-9-11-13/h2,13H,1,3-12H2. The van der Waals surface area contributed by atoms with Crippen LogP contribution in [0.4, 0.5) is 0 Å². The lowest BCUT2D eigenvalue weighted by molar-refractivity contribution is -0.122. The molecule has 1 nitrogen and oxygen atoms in total. The number of ketones is 1. The van der Waals surface area contributed by atoms with Crippen LogP contribution >= 0.6 is 0 Å². The molecule has 1 heteroatoms. The van der Waals surface area contributed by atoms with Crippen LogP contribution in [0.3, 0.4) is 0 Å². The van der Waals surface area contributed by atoms with Gasteiger partial charge < -0.3 is 0 Å². The van der Waals surface area contributed by atoms with E-state index >= 15 is 0 Å². The molecule has 1 rings (SSSR count). The number of hydrogen-bond acceptors (Lipinski definition) is 1. The van der Waals surface area contributed by atoms with Crippen molar-refractivity contribution in [3.05, 3.63) is 12.7 Å². The van der Waals surface area contributed by atoms with Gasteiger partial charge in [-0.3, -0.25) is 4.79 Å². The Morgan fingerprint density at radius 3 is 2.47 bits per heavy atom. The second kappa shape index (κ2) is 7.67. The van der Waals surface area contributed by atoms with Crippen molar-refractivity contribution in [2.24, 2.45) is 5.92 Å². The number of carbonyl (C=O) groups is 1. The molecule has 0 N–H and O–H groups in total. The Bertz CT molecular complexity index is 190. The molecule has 0 aromatic rings. The molecule has 0 aromatic carbocycles. The molecular weight excluding hydrogens is 184 g/mol. The third-order valence-electron chi connectivity index (χ3n) is 3.39. The second-order valence-corrected chi connectivity index (χ2v) is 4.69. The van der Waals surface area contributed by atoms with E-state index in [1.54, 1.807) is 0 Å². The molecule has 0 aliphatic heterocycles. The molecule has 15 heavy (non-hydrogen) atoms. The molecule has 0 aromatic heterocycles. The highest BCUT2D eigenvalue weighted by Crippen LogP contribution is 2.27. The lowest BCUT2D eigenvalue weighted by atomic mass is 9.97. The van der Waals surface area contributed by atoms with E-state index in [2.05, 4.69) is 6.58 Å². The first-order chi connectivity index (χ1) is 7.34. The normalized spacial score (nSPS) is 16.8. The van der Waals surface area contributed by atoms with Crippen molar-refractivity contribution in [3.63, 3.8) is 0 Å². The fourth-order valence-electron chi connectivity index (χ4n) is 2.39. The monoisotopic (exact) mass is 208 g/mol. The van der Waals surface area contributed by atoms with Crippen LogP contribution in [0.25, 0.3) is 0 Å². The first-order valence-electron chi connectivity index (χ1n) is 6.48. The van der Waals surface area contributed by atoms with Crippen molar-refractivity contribution >= 4 is 5.78 Å². The van der Waals surface area contributed by atoms with E-state index in [1.165, 1.54) is 32.1 Å². The van der Waals surface area contributed by atoms with Crippen LogP contribution in [0.1, 0.15) is 64.2 Å². The Morgan fingerprint density at radius 2 is 1.80 bits per heavy atom. The first kappa shape index (κ1) is 12.5. The van der Waals surface area contributed by atoms with Gasteiger partial charge in [0.15, 0.2) is 0 Å². The highest BCUT2D eigenvalue weighted by Gasteiger charge is 2.21. The van der Waals surface area contributed by atoms with Crippen LogP contribution in [0.2, 0.25) is 0 Å². The Labute approximate surface area is 93.9 Å². The topological polar surface area (TPSA) is 17.1 Å². The van der Waals surface area contributed by atoms with Crippen LogP contribution in [-0.2, 0) is 4.79 Å². The van der Waals surface area contributed by atoms with Crippen LogP contribution in [-0.4, -0.2) is 5.78 Å². The van der Waals surface area contributed by atoms with Gasteiger partial charge in [-0.1, -0.05) is 31.8 Å². The van der Waals surface area contributed by atoms with Gasteiger partial charge in [0.25, 0.3) is 0 Å². The fourth-order valence-corrected chi connectivity index (χ4v) is 2.39. The minimum atomic E-state index is 0.429. The van der Waals surface area contributed by atoms with Gasteiger partial charge in [0, 0.05) is 12.3 Å². The number of carbonyl (C=O) groups excluding carboxylic acids is 1. The molecule has 1 saturated carbocycles. The van der Waals surface area contributed by atoms with E-state index in [9.17, 15) is 4.79 Å². The molecule has 0 unspecified atom stereocenters. The Balaban J connectivity index is 1.94. The van der Waals surface area contributed by atoms with Gasteiger partial charge in [-0.2, -0.15) is 0 Å². The summed E-state index contributed by atoms with van der Waals surface area (Å²) in [5, 5.41) is 0. The van der Waals surface area contributed by atoms with Gasteiger partial charge in [0.05, 0.1) is 0 Å². The van der Waals surface area contributed by atoms with Gasteiger partial charge in [-0.15, -0.1) is 6.58 Å². The SMILES string of the molecule is C=CCCCCCCC(=O)C1CCCC1. The Morgan fingerprint density at radius 1 is 1.13 bits per heavy atom. The average molecular weight is 208 g/mol. The zero-order valence-corrected chi connectivity index (χ0v) is 9.84. The average Bonchev–Trinajstić information content (AvgIpc) is 2.76. The summed E-state index contributed by atoms with van der Waals surface area (Å²) in [5.41, 5.74) is 0. The summed E-state index contributed by atoms with van der Waals surface area (Å²) in [5.74, 6) is 0.967. The third-order valence-corrected chi connectivity index (χ3v) is 3.39. The largest absolute Gasteiger partial charge is 0.299 e. The van der Waals surface area contributed by atoms with Crippen molar-refractivity contribution in [3.8, 4) is 0 Å². The van der Waals surface area contributed by atoms with Crippen LogP contribution in [0, 0.1) is 5.92 Å². The van der Waals surface area contributed by atoms with Gasteiger partial charge in [-0.05, 0) is 32.1 Å². The maximum absolute atomic E-state index is 11.7. The minimum absolute atomic E-state index is 0.429. The quantitative estimate of drug-likeness (QED) is 0.430. The molecule has 0 bridgehead atoms. The molecular formula is C14H24O. The lowest BCUT2D eigenvalue weighted by Crippen LogP contribution is -2.09. The van der Waals surface area contributed by atoms with Crippen LogP contribution < -0.4 is 0 Å². The van der Waals surface area contributed by atoms with Crippen molar-refractivity contribution in [2.45, 2.75) is 64.2 Å². The predicted molar refractivity (Wildman–Crippen MR) is 64.9 cm³/mol. The number of Topliss-reactive ketones (excluding diaryl/α,β-unsaturated/α-hetero) is 1. The molecule has 0 spiro atoms. The van der Waals surface area contributed by atoms with E-state index in [0.717, 1.165) is 32.1 Å². The number of allylic oxidation sites excluding steroid dienone is 1. The molecule has 0 atom stereocenters. The molecule has 0 amide bonds. The Hall–Kier alpha value is -0.590. The molecule has 0 radical (unpaired) electrons. The van der Waals surface area contributed by atoms with E-state index < -0.39 is 0 Å². The third kappa shape index (κ3) is 5.15. The maximum Gasteiger partial charge on any atom is 0.135 e. The summed E-state index contributed by atoms with van der Waals surface area (Å²) in [6.07, 6.45) is 13.6. The second-order valence-electron chi connectivity index (χ2n) is 4.69. The summed E-state index contributed by atoms with van der Waals surface area (Å²) in [7, 11) is 0. The number of unbranched alkanes of at least 4 members (excludes halogenated alkanes) is 4. The smallest absolute Gasteiger partial charge is 0.135 e. The maximum atomic E-state index is 11.7. The van der Waals surface area contributed by atoms with Gasteiger partial charge in [0.1, 0.15) is 5.78 Å². The molecule has 86 valence electrons. The van der Waals surface area contributed by atoms with Crippen molar-refractivity contribution in [2.75, 3.05) is 0 Å². The highest BCUT2D eigenvalue weighted by atomic mass is 16.1. The fraction of sp³-hybridized carbons (Fsp3) is 0.786. The zero-order chi connectivity index (χ0) is 10.9. The summed E-state index contributed by atoms with van der Waals surface area (Å²) in [4.78, 5) is 11.7. The van der Waals surface area contributed by atoms with Crippen molar-refractivity contribution in [1.82, 2.24) is 0 Å². The van der Waals surface area contributed by atoms with E-state index in [0.29, 0.717) is 11.7 Å². The summed E-state index contributed by atoms with van der Waals surface area (Å²) < 4.78 is 0. The zero-order valence-electron chi connectivity index (χ0n) is 9.84. The van der Waals surface area contributed by atoms with E-state index in [4.69, 9.17) is 0 Å². The molecule has 1 fully saturated rings. The van der Waals surface area contributed by atoms with Gasteiger partial charge in [-0.25, -0.2) is 0 Å². The predicted octanol–water partition coefficient (Wildman–Crippen LogP) is 4.27. The van der Waals surface area contributed by atoms with Crippen molar-refractivity contribution in [1.29, 1.82) is 0 Å². The van der Waals surface area contributed by atoms with Crippen molar-refractivity contribution < 1.29 is 4.79 Å². The summed E-state index contributed by atoms with van der Waals surface area (Å²) in [6.45, 7) is 3.70. The molecule has 1 aliphatic carbocycles. The van der Waals surface area contributed by atoms with Gasteiger partial charge >= 0.3 is 0 Å². The lowest BCUT2D eigenvalue weighted by Gasteiger charge is -2.06. The first-order valence-corrected chi connectivity index (χ1v) is 6.48. The van der Waals surface area contributed by atoms with Crippen LogP contribution in [0.5, 0.6) is 0 Å². The number of rotatable bonds is 8. The molecule has 1 aliphatic rings. The van der Waals surface area contributed by atoms with Gasteiger partial charge in [0.2, 0.25) is 0 Å². The Kier molecular flexibility index (Phi) is 6.38. The minimum Gasteiger partial charge on any atom is -0.299 e. The van der Waals surface area contributed by atoms with E-state index in [-0.39, 0.29) is 0 Å². The summed E-state index contributed by atoms with van der Waals surface area (Å²) >= 11 is 0. The molecule has 0 heterocycles. The van der Waals surface area contributed by atoms with E-state index in [1.807, 2.05) is 6.08 Å².